The second-order valence-corrected chi connectivity index (χ2v) is 7.78. The van der Waals surface area contributed by atoms with Gasteiger partial charge in [-0.15, -0.1) is 0 Å². The number of aliphatic hydroxyl groups is 7. The summed E-state index contributed by atoms with van der Waals surface area (Å²) in [5.41, 5.74) is 0.334. The lowest BCUT2D eigenvalue weighted by atomic mass is 9.98. The molecule has 0 aliphatic carbocycles. The number of nitriles is 1. The quantitative estimate of drug-likeness (QED) is 0.194. The Kier molecular flexibility index (Phi) is 8.56. The summed E-state index contributed by atoms with van der Waals surface area (Å²) in [7, 11) is 0. The number of hydrogen-bond donors (Lipinski definition) is 8. The second kappa shape index (κ2) is 11.0. The maximum absolute atomic E-state index is 10.3. The van der Waals surface area contributed by atoms with E-state index in [-0.39, 0.29) is 5.75 Å². The van der Waals surface area contributed by atoms with Gasteiger partial charge in [0.25, 0.3) is 0 Å². The predicted octanol–water partition coefficient (Wildman–Crippen LogP) is -3.40. The lowest BCUT2D eigenvalue weighted by Crippen LogP contribution is -2.61. The molecule has 0 saturated carbocycles. The van der Waals surface area contributed by atoms with Gasteiger partial charge in [0.2, 0.25) is 0 Å². The molecule has 8 N–H and O–H groups in total. The summed E-state index contributed by atoms with van der Waals surface area (Å²) in [5.74, 6) is -0.0339. The standard InChI is InChI=1S/C20H27NO12/c21-5-10(8-1-3-9(23)4-2-8)31-20-18(29)16(27)14(25)12(33-20)7-30-19-17(28)15(26)13(24)11(6-22)32-19/h1-4,10-20,22-29H,6-7H2. The maximum atomic E-state index is 10.3. The highest BCUT2D eigenvalue weighted by Crippen LogP contribution is 2.29. The van der Waals surface area contributed by atoms with Gasteiger partial charge >= 0.3 is 0 Å². The van der Waals surface area contributed by atoms with E-state index in [2.05, 4.69) is 0 Å². The minimum Gasteiger partial charge on any atom is -0.508 e. The molecule has 2 heterocycles. The van der Waals surface area contributed by atoms with Crippen LogP contribution < -0.4 is 0 Å². The van der Waals surface area contributed by atoms with E-state index in [0.29, 0.717) is 5.56 Å². The van der Waals surface area contributed by atoms with Crippen LogP contribution in [-0.4, -0.2) is 115 Å². The highest BCUT2D eigenvalue weighted by molar-refractivity contribution is 5.29. The first kappa shape index (κ1) is 25.7. The average Bonchev–Trinajstić information content (AvgIpc) is 2.82. The van der Waals surface area contributed by atoms with E-state index in [0.717, 1.165) is 0 Å². The molecule has 0 amide bonds. The van der Waals surface area contributed by atoms with Crippen LogP contribution in [0.5, 0.6) is 5.75 Å². The van der Waals surface area contributed by atoms with Gasteiger partial charge in [0.15, 0.2) is 18.7 Å². The number of phenols is 1. The molecule has 2 aliphatic rings. The molecule has 2 aliphatic heterocycles. The van der Waals surface area contributed by atoms with Gasteiger partial charge in [0, 0.05) is 0 Å². The zero-order valence-electron chi connectivity index (χ0n) is 17.2. The number of benzene rings is 1. The van der Waals surface area contributed by atoms with Crippen LogP contribution in [0.3, 0.4) is 0 Å². The van der Waals surface area contributed by atoms with Crippen molar-refractivity contribution in [2.75, 3.05) is 13.2 Å². The summed E-state index contributed by atoms with van der Waals surface area (Å²) in [6.45, 7) is -1.19. The van der Waals surface area contributed by atoms with Crippen LogP contribution in [0.4, 0.5) is 0 Å². The molecule has 13 nitrogen and oxygen atoms in total. The van der Waals surface area contributed by atoms with E-state index >= 15 is 0 Å². The van der Waals surface area contributed by atoms with Gasteiger partial charge in [0.1, 0.15) is 54.6 Å². The van der Waals surface area contributed by atoms with E-state index in [1.54, 1.807) is 0 Å². The number of nitrogens with zero attached hydrogens (tertiary/aromatic N) is 1. The van der Waals surface area contributed by atoms with E-state index in [1.165, 1.54) is 24.3 Å². The third kappa shape index (κ3) is 5.60. The minimum atomic E-state index is -1.74. The van der Waals surface area contributed by atoms with Gasteiger partial charge in [-0.3, -0.25) is 0 Å². The van der Waals surface area contributed by atoms with E-state index in [9.17, 15) is 46.1 Å². The molecule has 13 heteroatoms. The number of ether oxygens (including phenoxy) is 4. The Labute approximate surface area is 188 Å². The fourth-order valence-electron chi connectivity index (χ4n) is 3.53. The molecule has 1 aromatic carbocycles. The number of phenolic OH excluding ortho intramolecular Hbond substituents is 1. The molecule has 0 radical (unpaired) electrons. The molecule has 11 unspecified atom stereocenters. The Hall–Kier alpha value is -1.93. The van der Waals surface area contributed by atoms with Crippen LogP contribution in [-0.2, 0) is 18.9 Å². The smallest absolute Gasteiger partial charge is 0.188 e. The highest BCUT2D eigenvalue weighted by Gasteiger charge is 2.48. The van der Waals surface area contributed by atoms with Crippen molar-refractivity contribution in [3.63, 3.8) is 0 Å². The third-order valence-electron chi connectivity index (χ3n) is 5.53. The van der Waals surface area contributed by atoms with Crippen molar-refractivity contribution in [1.29, 1.82) is 5.26 Å². The van der Waals surface area contributed by atoms with Gasteiger partial charge in [-0.2, -0.15) is 5.26 Å². The lowest BCUT2D eigenvalue weighted by Gasteiger charge is -2.43. The molecule has 0 spiro atoms. The number of aliphatic hydroxyl groups excluding tert-OH is 7. The molecular formula is C20H27NO12. The molecule has 2 saturated heterocycles. The lowest BCUT2D eigenvalue weighted by molar-refractivity contribution is -0.334. The van der Waals surface area contributed by atoms with Crippen molar-refractivity contribution in [1.82, 2.24) is 0 Å². The van der Waals surface area contributed by atoms with E-state index in [1.807, 2.05) is 6.07 Å². The normalized spacial score (nSPS) is 40.2. The fraction of sp³-hybridized carbons (Fsp3) is 0.650. The monoisotopic (exact) mass is 473 g/mol. The summed E-state index contributed by atoms with van der Waals surface area (Å²) in [4.78, 5) is 0. The molecule has 33 heavy (non-hydrogen) atoms. The summed E-state index contributed by atoms with van der Waals surface area (Å²) < 4.78 is 21.5. The van der Waals surface area contributed by atoms with Crippen LogP contribution in [0.1, 0.15) is 11.7 Å². The van der Waals surface area contributed by atoms with Crippen LogP contribution in [0.15, 0.2) is 24.3 Å². The Morgan fingerprint density at radius 1 is 0.818 bits per heavy atom. The second-order valence-electron chi connectivity index (χ2n) is 7.78. The molecule has 0 bridgehead atoms. The number of rotatable bonds is 7. The van der Waals surface area contributed by atoms with Crippen molar-refractivity contribution >= 4 is 0 Å². The average molecular weight is 473 g/mol. The Morgan fingerprint density at radius 3 is 1.94 bits per heavy atom. The summed E-state index contributed by atoms with van der Waals surface area (Å²) in [5, 5.41) is 88.5. The van der Waals surface area contributed by atoms with E-state index < -0.39 is 80.7 Å². The van der Waals surface area contributed by atoms with Crippen LogP contribution >= 0.6 is 0 Å². The third-order valence-corrected chi connectivity index (χ3v) is 5.53. The van der Waals surface area contributed by atoms with Gasteiger partial charge in [-0.1, -0.05) is 12.1 Å². The van der Waals surface area contributed by atoms with Crippen molar-refractivity contribution < 1.29 is 59.8 Å². The molecule has 3 rings (SSSR count). The van der Waals surface area contributed by atoms with E-state index in [4.69, 9.17) is 18.9 Å². The van der Waals surface area contributed by atoms with Gasteiger partial charge in [-0.25, -0.2) is 0 Å². The largest absolute Gasteiger partial charge is 0.508 e. The zero-order valence-corrected chi connectivity index (χ0v) is 17.2. The molecule has 11 atom stereocenters. The van der Waals surface area contributed by atoms with Gasteiger partial charge in [-0.05, 0) is 17.7 Å². The number of hydrogen-bond acceptors (Lipinski definition) is 13. The molecular weight excluding hydrogens is 446 g/mol. The highest BCUT2D eigenvalue weighted by atomic mass is 16.7. The Bertz CT molecular complexity index is 801. The topological polar surface area (TPSA) is 223 Å². The predicted molar refractivity (Wildman–Crippen MR) is 104 cm³/mol. The van der Waals surface area contributed by atoms with Crippen LogP contribution in [0.2, 0.25) is 0 Å². The first-order chi connectivity index (χ1) is 15.7. The SMILES string of the molecule is N#CC(OC1OC(COC2OC(CO)C(O)C(O)C2O)C(O)C(O)C1O)c1ccc(O)cc1. The molecule has 184 valence electrons. The Balaban J connectivity index is 1.66. The number of aromatic hydroxyl groups is 1. The zero-order chi connectivity index (χ0) is 24.3. The van der Waals surface area contributed by atoms with Crippen LogP contribution in [0.25, 0.3) is 0 Å². The summed E-state index contributed by atoms with van der Waals surface area (Å²) in [6.07, 6.45) is -16.9. The van der Waals surface area contributed by atoms with Crippen molar-refractivity contribution in [2.24, 2.45) is 0 Å². The Morgan fingerprint density at radius 2 is 1.36 bits per heavy atom. The first-order valence-corrected chi connectivity index (χ1v) is 10.1. The molecule has 0 aromatic heterocycles. The van der Waals surface area contributed by atoms with Gasteiger partial charge in [0.05, 0.1) is 19.3 Å². The molecule has 1 aromatic rings. The first-order valence-electron chi connectivity index (χ1n) is 10.1. The van der Waals surface area contributed by atoms with Crippen molar-refractivity contribution in [3.05, 3.63) is 29.8 Å². The van der Waals surface area contributed by atoms with Gasteiger partial charge < -0.3 is 59.8 Å². The maximum Gasteiger partial charge on any atom is 0.188 e. The summed E-state index contributed by atoms with van der Waals surface area (Å²) in [6, 6.07) is 7.36. The fourth-order valence-corrected chi connectivity index (χ4v) is 3.53. The van der Waals surface area contributed by atoms with Crippen LogP contribution in [0, 0.1) is 11.3 Å². The summed E-state index contributed by atoms with van der Waals surface area (Å²) >= 11 is 0. The van der Waals surface area contributed by atoms with Crippen molar-refractivity contribution in [3.8, 4) is 11.8 Å². The molecule has 2 fully saturated rings. The van der Waals surface area contributed by atoms with Crippen molar-refractivity contribution in [2.45, 2.75) is 67.5 Å². The minimum absolute atomic E-state index is 0.0339.